The minimum absolute atomic E-state index is 0.0325. The van der Waals surface area contributed by atoms with Gasteiger partial charge in [-0.05, 0) is 36.1 Å². The molecule has 4 rings (SSSR count). The predicted molar refractivity (Wildman–Crippen MR) is 102 cm³/mol. The molecule has 1 amide bonds. The van der Waals surface area contributed by atoms with Gasteiger partial charge in [0.1, 0.15) is 5.75 Å². The van der Waals surface area contributed by atoms with Gasteiger partial charge in [0.25, 0.3) is 5.91 Å². The third kappa shape index (κ3) is 3.69. The summed E-state index contributed by atoms with van der Waals surface area (Å²) in [6, 6.07) is 10.9. The fourth-order valence-electron chi connectivity index (χ4n) is 3.79. The van der Waals surface area contributed by atoms with E-state index in [1.807, 2.05) is 30.3 Å². The Balaban J connectivity index is 1.51. The second-order valence-electron chi connectivity index (χ2n) is 7.19. The van der Waals surface area contributed by atoms with Crippen molar-refractivity contribution in [2.75, 3.05) is 18.1 Å². The Morgan fingerprint density at radius 2 is 1.89 bits per heavy atom. The Kier molecular flexibility index (Phi) is 4.63. The Bertz CT molecular complexity index is 997. The largest absolute Gasteiger partial charge is 0.483 e. The van der Waals surface area contributed by atoms with E-state index in [-0.39, 0.29) is 36.1 Å². The van der Waals surface area contributed by atoms with Crippen molar-refractivity contribution in [2.45, 2.75) is 31.3 Å². The average molecular weight is 387 g/mol. The molecule has 0 bridgehead atoms. The minimum atomic E-state index is -3.06. The number of carbonyl (C=O) groups is 2. The van der Waals surface area contributed by atoms with Crippen LogP contribution in [0.4, 0.5) is 0 Å². The van der Waals surface area contributed by atoms with Gasteiger partial charge in [-0.3, -0.25) is 9.59 Å². The van der Waals surface area contributed by atoms with Gasteiger partial charge >= 0.3 is 0 Å². The van der Waals surface area contributed by atoms with Gasteiger partial charge in [0, 0.05) is 12.1 Å². The molecule has 6 nitrogen and oxygen atoms in total. The molecule has 0 radical (unpaired) electrons. The highest BCUT2D eigenvalue weighted by atomic mass is 32.2. The maximum Gasteiger partial charge on any atom is 0.261 e. The summed E-state index contributed by atoms with van der Waals surface area (Å²) < 4.78 is 29.3. The zero-order chi connectivity index (χ0) is 19.0. The summed E-state index contributed by atoms with van der Waals surface area (Å²) in [7, 11) is -3.06. The Hall–Kier alpha value is -2.41. The molecule has 1 aliphatic carbocycles. The van der Waals surface area contributed by atoms with Gasteiger partial charge < -0.3 is 9.64 Å². The first-order chi connectivity index (χ1) is 13.0. The number of aldehydes is 1. The van der Waals surface area contributed by atoms with Crippen LogP contribution < -0.4 is 4.74 Å². The van der Waals surface area contributed by atoms with Gasteiger partial charge in [-0.25, -0.2) is 8.42 Å². The van der Waals surface area contributed by atoms with Gasteiger partial charge in [-0.15, -0.1) is 0 Å². The molecule has 2 fully saturated rings. The van der Waals surface area contributed by atoms with Crippen LogP contribution in [-0.4, -0.2) is 55.7 Å². The SMILES string of the molecule is O=Cc1c(OCC(=O)N(C2CC2)[C@@H]2CCS(=O)(=O)C2)ccc2ccccc12. The number of fused-ring (bicyclic) bond motifs is 1. The van der Waals surface area contributed by atoms with E-state index >= 15 is 0 Å². The molecule has 0 unspecified atom stereocenters. The molecule has 2 aliphatic rings. The summed E-state index contributed by atoms with van der Waals surface area (Å²) in [5.74, 6) is 0.316. The first-order valence-corrected chi connectivity index (χ1v) is 10.9. The standard InChI is InChI=1S/C20H21NO5S/c22-11-18-17-4-2-1-3-14(17)5-8-19(18)26-12-20(23)21(15-6-7-15)16-9-10-27(24,25)13-16/h1-5,8,11,15-16H,6-7,9-10,12-13H2/t16-/m1/s1. The lowest BCUT2D eigenvalue weighted by Gasteiger charge is -2.28. The molecule has 142 valence electrons. The number of sulfone groups is 1. The third-order valence-electron chi connectivity index (χ3n) is 5.23. The van der Waals surface area contributed by atoms with Crippen LogP contribution in [-0.2, 0) is 14.6 Å². The number of ether oxygens (including phenoxy) is 1. The predicted octanol–water partition coefficient (Wildman–Crippen LogP) is 2.21. The van der Waals surface area contributed by atoms with Crippen molar-refractivity contribution >= 4 is 32.8 Å². The van der Waals surface area contributed by atoms with E-state index in [9.17, 15) is 18.0 Å². The van der Waals surface area contributed by atoms with Crippen LogP contribution in [0.2, 0.25) is 0 Å². The molecule has 2 aromatic carbocycles. The first-order valence-electron chi connectivity index (χ1n) is 9.10. The first kappa shape index (κ1) is 18.0. The van der Waals surface area contributed by atoms with Gasteiger partial charge in [0.2, 0.25) is 0 Å². The van der Waals surface area contributed by atoms with Gasteiger partial charge in [-0.2, -0.15) is 0 Å². The number of hydrogen-bond donors (Lipinski definition) is 0. The maximum atomic E-state index is 12.8. The van der Waals surface area contributed by atoms with Crippen molar-refractivity contribution < 1.29 is 22.7 Å². The van der Waals surface area contributed by atoms with Crippen molar-refractivity contribution in [3.63, 3.8) is 0 Å². The van der Waals surface area contributed by atoms with Crippen molar-refractivity contribution in [3.8, 4) is 5.75 Å². The molecular formula is C20H21NO5S. The zero-order valence-corrected chi connectivity index (χ0v) is 15.7. The minimum Gasteiger partial charge on any atom is -0.483 e. The Morgan fingerprint density at radius 3 is 2.56 bits per heavy atom. The van der Waals surface area contributed by atoms with Crippen molar-refractivity contribution in [1.29, 1.82) is 0 Å². The monoisotopic (exact) mass is 387 g/mol. The highest BCUT2D eigenvalue weighted by molar-refractivity contribution is 7.91. The molecule has 1 aliphatic heterocycles. The van der Waals surface area contributed by atoms with Crippen LogP contribution in [0.25, 0.3) is 10.8 Å². The fraction of sp³-hybridized carbons (Fsp3) is 0.400. The molecular weight excluding hydrogens is 366 g/mol. The summed E-state index contributed by atoms with van der Waals surface area (Å²) in [6.07, 6.45) is 3.03. The smallest absolute Gasteiger partial charge is 0.261 e. The summed E-state index contributed by atoms with van der Waals surface area (Å²) in [4.78, 5) is 26.1. The van der Waals surface area contributed by atoms with E-state index in [1.54, 1.807) is 11.0 Å². The van der Waals surface area contributed by atoms with E-state index in [4.69, 9.17) is 4.74 Å². The molecule has 1 saturated heterocycles. The molecule has 1 heterocycles. The second-order valence-corrected chi connectivity index (χ2v) is 9.42. The summed E-state index contributed by atoms with van der Waals surface area (Å²) in [5, 5.41) is 1.70. The topological polar surface area (TPSA) is 80.8 Å². The van der Waals surface area contributed by atoms with Crippen molar-refractivity contribution in [1.82, 2.24) is 4.90 Å². The average Bonchev–Trinajstić information content (AvgIpc) is 3.42. The van der Waals surface area contributed by atoms with Gasteiger partial charge in [0.15, 0.2) is 22.7 Å². The van der Waals surface area contributed by atoms with E-state index in [2.05, 4.69) is 0 Å². The highest BCUT2D eigenvalue weighted by Gasteiger charge is 2.42. The lowest BCUT2D eigenvalue weighted by molar-refractivity contribution is -0.135. The fourth-order valence-corrected chi connectivity index (χ4v) is 5.50. The molecule has 1 saturated carbocycles. The summed E-state index contributed by atoms with van der Waals surface area (Å²) >= 11 is 0. The molecule has 0 aromatic heterocycles. The lowest BCUT2D eigenvalue weighted by Crippen LogP contribution is -2.45. The summed E-state index contributed by atoms with van der Waals surface area (Å²) in [5.41, 5.74) is 0.419. The Morgan fingerprint density at radius 1 is 1.11 bits per heavy atom. The third-order valence-corrected chi connectivity index (χ3v) is 6.98. The highest BCUT2D eigenvalue weighted by Crippen LogP contribution is 2.33. The van der Waals surface area contributed by atoms with E-state index in [1.165, 1.54) is 0 Å². The number of carbonyl (C=O) groups excluding carboxylic acids is 2. The maximum absolute atomic E-state index is 12.8. The van der Waals surface area contributed by atoms with E-state index in [0.717, 1.165) is 29.9 Å². The van der Waals surface area contributed by atoms with Crippen LogP contribution >= 0.6 is 0 Å². The number of amides is 1. The van der Waals surface area contributed by atoms with E-state index < -0.39 is 9.84 Å². The molecule has 27 heavy (non-hydrogen) atoms. The summed E-state index contributed by atoms with van der Waals surface area (Å²) in [6.45, 7) is -0.202. The number of benzene rings is 2. The van der Waals surface area contributed by atoms with Crippen LogP contribution in [0.3, 0.4) is 0 Å². The van der Waals surface area contributed by atoms with Gasteiger partial charge in [-0.1, -0.05) is 30.3 Å². The molecule has 0 spiro atoms. The normalized spacial score (nSPS) is 21.1. The van der Waals surface area contributed by atoms with Crippen LogP contribution in [0, 0.1) is 0 Å². The van der Waals surface area contributed by atoms with Crippen molar-refractivity contribution in [2.24, 2.45) is 0 Å². The van der Waals surface area contributed by atoms with Crippen LogP contribution in [0.1, 0.15) is 29.6 Å². The molecule has 0 N–H and O–H groups in total. The molecule has 7 heteroatoms. The number of rotatable bonds is 6. The molecule has 2 aromatic rings. The Labute approximate surface area is 158 Å². The second kappa shape index (κ2) is 6.96. The van der Waals surface area contributed by atoms with Gasteiger partial charge in [0.05, 0.1) is 17.1 Å². The van der Waals surface area contributed by atoms with E-state index in [0.29, 0.717) is 17.7 Å². The molecule has 1 atom stereocenters. The number of hydrogen-bond acceptors (Lipinski definition) is 5. The number of nitrogens with zero attached hydrogens (tertiary/aromatic N) is 1. The van der Waals surface area contributed by atoms with Crippen molar-refractivity contribution in [3.05, 3.63) is 42.0 Å². The lowest BCUT2D eigenvalue weighted by atomic mass is 10.0. The zero-order valence-electron chi connectivity index (χ0n) is 14.8. The quantitative estimate of drug-likeness (QED) is 0.710. The van der Waals surface area contributed by atoms with Crippen LogP contribution in [0.15, 0.2) is 36.4 Å². The van der Waals surface area contributed by atoms with Crippen LogP contribution in [0.5, 0.6) is 5.75 Å².